The molecule has 6 nitrogen and oxygen atoms in total. The van der Waals surface area contributed by atoms with Gasteiger partial charge in [-0.15, -0.1) is 0 Å². The number of Topliss-reactive ketones (excluding diaryl/α,β-unsaturated/α-hetero) is 2. The van der Waals surface area contributed by atoms with E-state index in [1.807, 2.05) is 0 Å². The third-order valence-electron chi connectivity index (χ3n) is 1.86. The molecule has 0 N–H and O–H groups in total. The van der Waals surface area contributed by atoms with Crippen LogP contribution in [0.25, 0.3) is 0 Å². The second kappa shape index (κ2) is 8.40. The quantitative estimate of drug-likeness (QED) is 0.486. The topological polar surface area (TPSA) is 129 Å². The number of carbonyl (C=O) groups excluding carboxylic acids is 2. The fourth-order valence-corrected chi connectivity index (χ4v) is 1.13. The molecule has 1 aliphatic carbocycles. The maximum atomic E-state index is 11.5. The van der Waals surface area contributed by atoms with Crippen LogP contribution in [-0.4, -0.2) is 11.6 Å². The summed E-state index contributed by atoms with van der Waals surface area (Å²) in [6.45, 7) is 0. The molecule has 0 aliphatic heterocycles. The van der Waals surface area contributed by atoms with Crippen LogP contribution in [0.4, 0.5) is 0 Å². The van der Waals surface area contributed by atoms with Crippen LogP contribution in [0.5, 0.6) is 0 Å². The number of rotatable bonds is 0. The molecule has 0 saturated heterocycles. The van der Waals surface area contributed by atoms with Crippen molar-refractivity contribution < 1.29 is 26.7 Å². The van der Waals surface area contributed by atoms with Gasteiger partial charge in [0.2, 0.25) is 11.6 Å². The van der Waals surface area contributed by atoms with Crippen molar-refractivity contribution in [2.45, 2.75) is 14.9 Å². The minimum atomic E-state index is -1.06. The van der Waals surface area contributed by atoms with Gasteiger partial charge >= 0.3 is 0 Å². The number of allylic oxidation sites excluding steroid dienone is 4. The molecule has 0 aromatic heterocycles. The van der Waals surface area contributed by atoms with E-state index >= 15 is 0 Å². The Balaban J connectivity index is -0.000000853. The predicted molar refractivity (Wildman–Crippen MR) is 60.0 cm³/mol. The van der Waals surface area contributed by atoms with E-state index in [1.165, 1.54) is 24.3 Å². The maximum absolute atomic E-state index is 11.5. The zero-order valence-electron chi connectivity index (χ0n) is 7.91. The summed E-state index contributed by atoms with van der Waals surface area (Å²) in [6, 6.07) is 5.54. The van der Waals surface area contributed by atoms with Gasteiger partial charge in [0.05, 0.1) is 0 Å². The van der Waals surface area contributed by atoms with Crippen LogP contribution in [-0.2, 0) is 26.7 Å². The number of hydrogen-bond acceptors (Lipinski definition) is 6. The monoisotopic (exact) mass is 303 g/mol. The third-order valence-corrected chi connectivity index (χ3v) is 1.86. The van der Waals surface area contributed by atoms with E-state index in [-0.39, 0.29) is 31.9 Å². The Labute approximate surface area is 121 Å². The van der Waals surface area contributed by atoms with Gasteiger partial charge in [0.1, 0.15) is 46.6 Å². The molecule has 0 aromatic carbocycles. The Morgan fingerprint density at radius 2 is 0.737 bits per heavy atom. The number of nitriles is 4. The zero-order valence-corrected chi connectivity index (χ0v) is 8.85. The van der Waals surface area contributed by atoms with E-state index in [0.717, 1.165) is 0 Å². The first kappa shape index (κ1) is 21.6. The molecular formula is C12H8CuN4O2. The molecule has 0 fully saturated rings. The van der Waals surface area contributed by atoms with Crippen LogP contribution in [0, 0.1) is 45.3 Å². The van der Waals surface area contributed by atoms with Crippen LogP contribution >= 0.6 is 0 Å². The van der Waals surface area contributed by atoms with E-state index in [2.05, 4.69) is 0 Å². The van der Waals surface area contributed by atoms with Crippen molar-refractivity contribution in [3.05, 3.63) is 22.3 Å². The number of ketones is 2. The van der Waals surface area contributed by atoms with E-state index in [4.69, 9.17) is 21.0 Å². The SMILES string of the molecule is C.C.N#CC1=C(C#N)C(=O)C(C#N)=C(C#N)C1=O.[Cu]. The van der Waals surface area contributed by atoms with Crippen LogP contribution in [0.2, 0.25) is 0 Å². The Hall–Kier alpha value is -2.70. The molecule has 0 amide bonds. The second-order valence-electron chi connectivity index (χ2n) is 2.61. The Morgan fingerprint density at radius 3 is 0.842 bits per heavy atom. The molecule has 0 unspecified atom stereocenters. The molecule has 0 aromatic rings. The first-order chi connectivity index (χ1) is 7.62. The summed E-state index contributed by atoms with van der Waals surface area (Å²) in [6.07, 6.45) is 0. The summed E-state index contributed by atoms with van der Waals surface area (Å²) >= 11 is 0. The molecule has 0 bridgehead atoms. The third kappa shape index (κ3) is 3.15. The van der Waals surface area contributed by atoms with Crippen molar-refractivity contribution in [3.63, 3.8) is 0 Å². The number of nitrogens with zero attached hydrogens (tertiary/aromatic N) is 4. The van der Waals surface area contributed by atoms with Crippen molar-refractivity contribution in [1.82, 2.24) is 0 Å². The standard InChI is InChI=1S/C10N4O2.2CH4.Cu/c11-1-5-6(2-12)10(16)8(4-14)7(3-13)9(5)15;;;/h;2*1H4;. The normalized spacial score (nSPS) is 12.6. The molecule has 7 heteroatoms. The number of carbonyl (C=O) groups is 2. The van der Waals surface area contributed by atoms with Gasteiger partial charge in [-0.25, -0.2) is 0 Å². The first-order valence-electron chi connectivity index (χ1n) is 3.80. The zero-order chi connectivity index (χ0) is 12.3. The van der Waals surface area contributed by atoms with Crippen LogP contribution in [0.1, 0.15) is 14.9 Å². The van der Waals surface area contributed by atoms with Crippen molar-refractivity contribution in [2.24, 2.45) is 0 Å². The molecule has 0 saturated carbocycles. The molecule has 1 rings (SSSR count). The van der Waals surface area contributed by atoms with E-state index in [9.17, 15) is 9.59 Å². The first-order valence-corrected chi connectivity index (χ1v) is 3.80. The fraction of sp³-hybridized carbons (Fsp3) is 0.167. The van der Waals surface area contributed by atoms with E-state index < -0.39 is 33.9 Å². The Bertz CT molecular complexity index is 535. The summed E-state index contributed by atoms with van der Waals surface area (Å²) in [5, 5.41) is 34.4. The molecule has 0 spiro atoms. The molecule has 99 valence electrons. The van der Waals surface area contributed by atoms with Crippen molar-refractivity contribution in [1.29, 1.82) is 21.0 Å². The summed E-state index contributed by atoms with van der Waals surface area (Å²) in [5.41, 5.74) is -2.77. The van der Waals surface area contributed by atoms with Gasteiger partial charge in [0.25, 0.3) is 0 Å². The fourth-order valence-electron chi connectivity index (χ4n) is 1.13. The van der Waals surface area contributed by atoms with Crippen molar-refractivity contribution in [3.8, 4) is 24.3 Å². The predicted octanol–water partition coefficient (Wildman–Crippen LogP) is 1.10. The van der Waals surface area contributed by atoms with Gasteiger partial charge < -0.3 is 0 Å². The van der Waals surface area contributed by atoms with Crippen LogP contribution in [0.15, 0.2) is 22.3 Å². The van der Waals surface area contributed by atoms with Gasteiger partial charge in [0, 0.05) is 17.1 Å². The Morgan fingerprint density at radius 1 is 0.579 bits per heavy atom. The summed E-state index contributed by atoms with van der Waals surface area (Å²) in [7, 11) is 0. The summed E-state index contributed by atoms with van der Waals surface area (Å²) in [5.74, 6) is -2.12. The molecule has 0 atom stereocenters. The molecule has 19 heavy (non-hydrogen) atoms. The minimum absolute atomic E-state index is 0. The summed E-state index contributed by atoms with van der Waals surface area (Å²) in [4.78, 5) is 22.9. The van der Waals surface area contributed by atoms with Crippen molar-refractivity contribution in [2.75, 3.05) is 0 Å². The summed E-state index contributed by atoms with van der Waals surface area (Å²) < 4.78 is 0. The van der Waals surface area contributed by atoms with E-state index in [1.54, 1.807) is 0 Å². The van der Waals surface area contributed by atoms with Gasteiger partial charge in [-0.2, -0.15) is 21.0 Å². The van der Waals surface area contributed by atoms with Gasteiger partial charge in [-0.1, -0.05) is 14.9 Å². The van der Waals surface area contributed by atoms with Gasteiger partial charge in [-0.3, -0.25) is 9.59 Å². The van der Waals surface area contributed by atoms with Gasteiger partial charge in [-0.05, 0) is 0 Å². The average Bonchev–Trinajstić information content (AvgIpc) is 2.30. The Kier molecular flexibility index (Phi) is 9.54. The van der Waals surface area contributed by atoms with Gasteiger partial charge in [0.15, 0.2) is 0 Å². The molecule has 0 heterocycles. The molecule has 1 radical (unpaired) electrons. The van der Waals surface area contributed by atoms with Crippen LogP contribution in [0.3, 0.4) is 0 Å². The maximum Gasteiger partial charge on any atom is 0.217 e. The number of hydrogen-bond donors (Lipinski definition) is 0. The van der Waals surface area contributed by atoms with E-state index in [0.29, 0.717) is 0 Å². The van der Waals surface area contributed by atoms with Crippen molar-refractivity contribution >= 4 is 11.6 Å². The average molecular weight is 304 g/mol. The van der Waals surface area contributed by atoms with Crippen LogP contribution < -0.4 is 0 Å². The minimum Gasteiger partial charge on any atom is -0.287 e. The largest absolute Gasteiger partial charge is 0.287 e. The smallest absolute Gasteiger partial charge is 0.217 e. The second-order valence-corrected chi connectivity index (χ2v) is 2.61. The molecule has 1 aliphatic rings. The molecular weight excluding hydrogens is 296 g/mol.